The van der Waals surface area contributed by atoms with E-state index in [1.165, 1.54) is 25.3 Å². The normalized spacial score (nSPS) is 9.90. The maximum absolute atomic E-state index is 11.6. The van der Waals surface area contributed by atoms with Crippen LogP contribution in [0.25, 0.3) is 0 Å². The molecule has 0 aromatic heterocycles. The molecule has 0 atom stereocenters. The van der Waals surface area contributed by atoms with Crippen molar-refractivity contribution < 1.29 is 14.5 Å². The van der Waals surface area contributed by atoms with Crippen LogP contribution < -0.4 is 4.90 Å². The number of benzene rings is 1. The number of nitro benzene ring substituents is 1. The van der Waals surface area contributed by atoms with Crippen LogP contribution in [0.5, 0.6) is 0 Å². The number of anilines is 1. The van der Waals surface area contributed by atoms with Crippen LogP contribution in [0.1, 0.15) is 23.7 Å². The van der Waals surface area contributed by atoms with E-state index in [4.69, 9.17) is 0 Å². The second-order valence-corrected chi connectivity index (χ2v) is 4.19. The van der Waals surface area contributed by atoms with Gasteiger partial charge in [-0.15, -0.1) is 6.58 Å². The predicted octanol–water partition coefficient (Wildman–Crippen LogP) is 2.78. The minimum absolute atomic E-state index is 0.0343. The topological polar surface area (TPSA) is 72.7 Å². The summed E-state index contributed by atoms with van der Waals surface area (Å²) in [6, 6.07) is 4.21. The van der Waals surface area contributed by atoms with Crippen molar-refractivity contribution in [1.82, 2.24) is 0 Å². The Hall–Kier alpha value is -2.37. The molecular weight excluding hydrogens is 260 g/mol. The molecule has 1 aromatic rings. The first-order chi connectivity index (χ1) is 9.54. The second-order valence-electron chi connectivity index (χ2n) is 4.19. The second kappa shape index (κ2) is 7.28. The Morgan fingerprint density at radius 2 is 2.25 bits per heavy atom. The SMILES string of the molecule is C=CCN(CCC)c1cc(C(=O)OC)ccc1[N+](=O)[O-]. The van der Waals surface area contributed by atoms with Crippen LogP contribution >= 0.6 is 0 Å². The van der Waals surface area contributed by atoms with Gasteiger partial charge in [-0.2, -0.15) is 0 Å². The van der Waals surface area contributed by atoms with Gasteiger partial charge in [0.15, 0.2) is 0 Å². The molecule has 0 saturated carbocycles. The summed E-state index contributed by atoms with van der Waals surface area (Å²) in [6.45, 7) is 6.74. The third-order valence-electron chi connectivity index (χ3n) is 2.78. The molecule has 0 fully saturated rings. The first kappa shape index (κ1) is 15.7. The number of hydrogen-bond acceptors (Lipinski definition) is 5. The molecule has 0 aliphatic rings. The first-order valence-electron chi connectivity index (χ1n) is 6.27. The third kappa shape index (κ3) is 3.57. The Labute approximate surface area is 117 Å². The van der Waals surface area contributed by atoms with Crippen LogP contribution in [-0.4, -0.2) is 31.1 Å². The molecule has 0 amide bonds. The quantitative estimate of drug-likeness (QED) is 0.332. The van der Waals surface area contributed by atoms with Gasteiger partial charge in [-0.05, 0) is 18.6 Å². The first-order valence-corrected chi connectivity index (χ1v) is 6.27. The Bertz CT molecular complexity index is 514. The highest BCUT2D eigenvalue weighted by Crippen LogP contribution is 2.29. The molecule has 6 nitrogen and oxygen atoms in total. The minimum atomic E-state index is -0.517. The fourth-order valence-electron chi connectivity index (χ4n) is 1.91. The molecule has 0 unspecified atom stereocenters. The van der Waals surface area contributed by atoms with Crippen LogP contribution in [0.15, 0.2) is 30.9 Å². The van der Waals surface area contributed by atoms with Crippen LogP contribution in [0.4, 0.5) is 11.4 Å². The fraction of sp³-hybridized carbons (Fsp3) is 0.357. The lowest BCUT2D eigenvalue weighted by atomic mass is 10.1. The third-order valence-corrected chi connectivity index (χ3v) is 2.78. The van der Waals surface area contributed by atoms with E-state index in [0.717, 1.165) is 6.42 Å². The average Bonchev–Trinajstić information content (AvgIpc) is 2.45. The zero-order chi connectivity index (χ0) is 15.1. The van der Waals surface area contributed by atoms with Crippen molar-refractivity contribution in [3.8, 4) is 0 Å². The lowest BCUT2D eigenvalue weighted by Crippen LogP contribution is -2.25. The van der Waals surface area contributed by atoms with E-state index in [0.29, 0.717) is 24.3 Å². The summed E-state index contributed by atoms with van der Waals surface area (Å²) in [5, 5.41) is 11.1. The maximum Gasteiger partial charge on any atom is 0.337 e. The number of carbonyl (C=O) groups is 1. The Morgan fingerprint density at radius 3 is 2.75 bits per heavy atom. The van der Waals surface area contributed by atoms with Crippen molar-refractivity contribution in [3.05, 3.63) is 46.5 Å². The maximum atomic E-state index is 11.6. The van der Waals surface area contributed by atoms with Gasteiger partial charge in [0, 0.05) is 19.2 Å². The van der Waals surface area contributed by atoms with E-state index in [2.05, 4.69) is 11.3 Å². The van der Waals surface area contributed by atoms with Gasteiger partial charge in [-0.25, -0.2) is 4.79 Å². The summed E-state index contributed by atoms with van der Waals surface area (Å²) < 4.78 is 4.64. The standard InChI is InChI=1S/C14H18N2O4/c1-4-8-15(9-5-2)13-10-11(14(17)20-3)6-7-12(13)16(18)19/h4,6-7,10H,1,5,8-9H2,2-3H3. The van der Waals surface area contributed by atoms with Gasteiger partial charge in [0.1, 0.15) is 5.69 Å². The van der Waals surface area contributed by atoms with Gasteiger partial charge >= 0.3 is 5.97 Å². The molecular formula is C14H18N2O4. The molecule has 108 valence electrons. The Morgan fingerprint density at radius 1 is 1.55 bits per heavy atom. The molecule has 0 radical (unpaired) electrons. The van der Waals surface area contributed by atoms with Crippen molar-refractivity contribution in [1.29, 1.82) is 0 Å². The highest BCUT2D eigenvalue weighted by molar-refractivity contribution is 5.91. The molecule has 0 bridgehead atoms. The number of nitrogens with zero attached hydrogens (tertiary/aromatic N) is 2. The summed E-state index contributed by atoms with van der Waals surface area (Å²) >= 11 is 0. The smallest absolute Gasteiger partial charge is 0.337 e. The summed E-state index contributed by atoms with van der Waals surface area (Å²) in [5.74, 6) is -0.517. The summed E-state index contributed by atoms with van der Waals surface area (Å²) in [6.07, 6.45) is 2.50. The molecule has 6 heteroatoms. The highest BCUT2D eigenvalue weighted by atomic mass is 16.6. The Balaban J connectivity index is 3.32. The van der Waals surface area contributed by atoms with Gasteiger partial charge in [0.05, 0.1) is 17.6 Å². The number of methoxy groups -OCH3 is 1. The number of esters is 1. The van der Waals surface area contributed by atoms with Crippen LogP contribution in [0, 0.1) is 10.1 Å². The summed E-state index contributed by atoms with van der Waals surface area (Å²) in [7, 11) is 1.27. The van der Waals surface area contributed by atoms with E-state index in [9.17, 15) is 14.9 Å². The summed E-state index contributed by atoms with van der Waals surface area (Å²) in [5.41, 5.74) is 0.658. The lowest BCUT2D eigenvalue weighted by molar-refractivity contribution is -0.384. The summed E-state index contributed by atoms with van der Waals surface area (Å²) in [4.78, 5) is 24.0. The molecule has 1 aromatic carbocycles. The predicted molar refractivity (Wildman–Crippen MR) is 77.1 cm³/mol. The van der Waals surface area contributed by atoms with E-state index in [1.807, 2.05) is 11.8 Å². The van der Waals surface area contributed by atoms with Crippen molar-refractivity contribution in [2.75, 3.05) is 25.1 Å². The molecule has 0 heterocycles. The minimum Gasteiger partial charge on any atom is -0.465 e. The van der Waals surface area contributed by atoms with Gasteiger partial charge in [0.2, 0.25) is 0 Å². The van der Waals surface area contributed by atoms with Crippen molar-refractivity contribution in [3.63, 3.8) is 0 Å². The molecule has 20 heavy (non-hydrogen) atoms. The van der Waals surface area contributed by atoms with E-state index >= 15 is 0 Å². The molecule has 1 rings (SSSR count). The van der Waals surface area contributed by atoms with Crippen LogP contribution in [-0.2, 0) is 4.74 Å². The number of ether oxygens (including phenoxy) is 1. The number of rotatable bonds is 7. The van der Waals surface area contributed by atoms with Gasteiger partial charge in [-0.1, -0.05) is 13.0 Å². The van der Waals surface area contributed by atoms with E-state index in [1.54, 1.807) is 6.08 Å². The van der Waals surface area contributed by atoms with Crippen molar-refractivity contribution >= 4 is 17.3 Å². The monoisotopic (exact) mass is 278 g/mol. The number of carbonyl (C=O) groups excluding carboxylic acids is 1. The largest absolute Gasteiger partial charge is 0.465 e. The number of hydrogen-bond donors (Lipinski definition) is 0. The van der Waals surface area contributed by atoms with E-state index in [-0.39, 0.29) is 5.69 Å². The van der Waals surface area contributed by atoms with Crippen LogP contribution in [0.2, 0.25) is 0 Å². The number of nitro groups is 1. The molecule has 0 N–H and O–H groups in total. The van der Waals surface area contributed by atoms with Crippen LogP contribution in [0.3, 0.4) is 0 Å². The van der Waals surface area contributed by atoms with Gasteiger partial charge in [-0.3, -0.25) is 10.1 Å². The molecule has 0 spiro atoms. The zero-order valence-electron chi connectivity index (χ0n) is 11.7. The van der Waals surface area contributed by atoms with Crippen molar-refractivity contribution in [2.24, 2.45) is 0 Å². The highest BCUT2D eigenvalue weighted by Gasteiger charge is 2.21. The van der Waals surface area contributed by atoms with Gasteiger partial charge < -0.3 is 9.64 Å². The molecule has 0 saturated heterocycles. The molecule has 0 aliphatic heterocycles. The Kier molecular flexibility index (Phi) is 5.71. The van der Waals surface area contributed by atoms with Gasteiger partial charge in [0.25, 0.3) is 5.69 Å². The van der Waals surface area contributed by atoms with E-state index < -0.39 is 10.9 Å². The van der Waals surface area contributed by atoms with Crippen molar-refractivity contribution in [2.45, 2.75) is 13.3 Å². The lowest BCUT2D eigenvalue weighted by Gasteiger charge is -2.22. The average molecular weight is 278 g/mol. The fourth-order valence-corrected chi connectivity index (χ4v) is 1.91. The zero-order valence-corrected chi connectivity index (χ0v) is 11.7. The molecule has 0 aliphatic carbocycles.